The van der Waals surface area contributed by atoms with Gasteiger partial charge in [-0.05, 0) is 12.1 Å². The summed E-state index contributed by atoms with van der Waals surface area (Å²) in [7, 11) is 0. The molecule has 0 spiro atoms. The lowest BCUT2D eigenvalue weighted by Gasteiger charge is -2.01. The number of carbonyl (C=O) groups excluding carboxylic acids is 1. The third kappa shape index (κ3) is 2.68. The van der Waals surface area contributed by atoms with E-state index in [-0.39, 0.29) is 32.4 Å². The van der Waals surface area contributed by atoms with E-state index in [4.69, 9.17) is 23.2 Å². The number of alkyl halides is 1. The largest absolute Gasteiger partial charge is 0.306 e. The zero-order valence-electron chi connectivity index (χ0n) is 7.17. The average Bonchev–Trinajstić information content (AvgIpc) is 2.14. The number of rotatable bonds is 3. The van der Waals surface area contributed by atoms with Gasteiger partial charge in [0.25, 0.3) is 0 Å². The smallest absolute Gasteiger partial charge is 0.293 e. The SMILES string of the molecule is O=C(CBr)c1cc(Cl)c([N+](=O)[O-])c(Cl)c1. The molecular formula is C8H4BrCl2NO3. The van der Waals surface area contributed by atoms with Crippen LogP contribution in [-0.2, 0) is 0 Å². The van der Waals surface area contributed by atoms with Crippen molar-refractivity contribution in [2.45, 2.75) is 0 Å². The maximum atomic E-state index is 11.3. The van der Waals surface area contributed by atoms with Crippen LogP contribution >= 0.6 is 39.1 Å². The van der Waals surface area contributed by atoms with E-state index in [9.17, 15) is 14.9 Å². The summed E-state index contributed by atoms with van der Waals surface area (Å²) < 4.78 is 0. The van der Waals surface area contributed by atoms with Crippen molar-refractivity contribution in [2.75, 3.05) is 5.33 Å². The van der Waals surface area contributed by atoms with Gasteiger partial charge in [-0.1, -0.05) is 39.1 Å². The maximum absolute atomic E-state index is 11.3. The molecule has 0 fully saturated rings. The van der Waals surface area contributed by atoms with E-state index in [1.807, 2.05) is 0 Å². The lowest BCUT2D eigenvalue weighted by Crippen LogP contribution is -2.01. The number of hydrogen-bond acceptors (Lipinski definition) is 3. The van der Waals surface area contributed by atoms with Gasteiger partial charge < -0.3 is 0 Å². The highest BCUT2D eigenvalue weighted by Crippen LogP contribution is 2.33. The van der Waals surface area contributed by atoms with Gasteiger partial charge >= 0.3 is 5.69 Å². The van der Waals surface area contributed by atoms with Crippen LogP contribution in [0.5, 0.6) is 0 Å². The van der Waals surface area contributed by atoms with Crippen LogP contribution in [0, 0.1) is 10.1 Å². The van der Waals surface area contributed by atoms with Crippen LogP contribution < -0.4 is 0 Å². The van der Waals surface area contributed by atoms with Crippen molar-refractivity contribution in [1.29, 1.82) is 0 Å². The molecule has 0 amide bonds. The summed E-state index contributed by atoms with van der Waals surface area (Å²) in [5.41, 5.74) is -0.142. The summed E-state index contributed by atoms with van der Waals surface area (Å²) in [6.45, 7) is 0. The van der Waals surface area contributed by atoms with E-state index in [0.29, 0.717) is 0 Å². The van der Waals surface area contributed by atoms with E-state index in [0.717, 1.165) is 0 Å². The molecule has 1 rings (SSSR count). The van der Waals surface area contributed by atoms with Crippen molar-refractivity contribution in [1.82, 2.24) is 0 Å². The normalized spacial score (nSPS) is 10.1. The first kappa shape index (κ1) is 12.4. The van der Waals surface area contributed by atoms with Crippen LogP contribution in [0.1, 0.15) is 10.4 Å². The standard InChI is InChI=1S/C8H4BrCl2NO3/c9-3-7(13)4-1-5(10)8(12(14)15)6(11)2-4/h1-2H,3H2. The minimum absolute atomic E-state index is 0.109. The Balaban J connectivity index is 3.31. The molecule has 0 aliphatic heterocycles. The van der Waals surface area contributed by atoms with Gasteiger partial charge in [0, 0.05) is 5.56 Å². The summed E-state index contributed by atoms with van der Waals surface area (Å²) in [5, 5.41) is 10.4. The van der Waals surface area contributed by atoms with E-state index < -0.39 is 4.92 Å². The number of nitrogens with zero attached hydrogens (tertiary/aromatic N) is 1. The van der Waals surface area contributed by atoms with Crippen LogP contribution in [0.4, 0.5) is 5.69 Å². The van der Waals surface area contributed by atoms with Gasteiger partial charge in [-0.2, -0.15) is 0 Å². The lowest BCUT2D eigenvalue weighted by atomic mass is 10.1. The van der Waals surface area contributed by atoms with Gasteiger partial charge in [-0.25, -0.2) is 0 Å². The number of halogens is 3. The number of carbonyl (C=O) groups is 1. The van der Waals surface area contributed by atoms with Crippen LogP contribution in [0.2, 0.25) is 10.0 Å². The number of benzene rings is 1. The molecule has 0 atom stereocenters. The summed E-state index contributed by atoms with van der Waals surface area (Å²) in [5.74, 6) is -0.242. The van der Waals surface area contributed by atoms with Gasteiger partial charge in [0.05, 0.1) is 10.3 Å². The molecule has 0 aliphatic rings. The molecular weight excluding hydrogens is 309 g/mol. The Morgan fingerprint density at radius 2 is 1.87 bits per heavy atom. The molecule has 0 saturated carbocycles. The van der Waals surface area contributed by atoms with Crippen molar-refractivity contribution in [3.63, 3.8) is 0 Å². The first-order chi connectivity index (χ1) is 6.97. The zero-order valence-corrected chi connectivity index (χ0v) is 10.3. The Hall–Kier alpha value is -0.650. The van der Waals surface area contributed by atoms with Gasteiger partial charge in [-0.3, -0.25) is 14.9 Å². The number of Topliss-reactive ketones (excluding diaryl/α,β-unsaturated/α-hetero) is 1. The Kier molecular flexibility index (Phi) is 4.07. The van der Waals surface area contributed by atoms with E-state index >= 15 is 0 Å². The minimum atomic E-state index is -0.687. The second-order valence-electron chi connectivity index (χ2n) is 2.60. The van der Waals surface area contributed by atoms with Crippen LogP contribution in [-0.4, -0.2) is 16.0 Å². The van der Waals surface area contributed by atoms with E-state index in [1.165, 1.54) is 12.1 Å². The van der Waals surface area contributed by atoms with Crippen LogP contribution in [0.15, 0.2) is 12.1 Å². The summed E-state index contributed by atoms with van der Waals surface area (Å²) in [6.07, 6.45) is 0. The van der Waals surface area contributed by atoms with Crippen molar-refractivity contribution < 1.29 is 9.72 Å². The highest BCUT2D eigenvalue weighted by atomic mass is 79.9. The molecule has 0 radical (unpaired) electrons. The molecule has 0 N–H and O–H groups in total. The molecule has 15 heavy (non-hydrogen) atoms. The predicted octanol–water partition coefficient (Wildman–Crippen LogP) is 3.48. The second-order valence-corrected chi connectivity index (χ2v) is 3.98. The Bertz CT molecular complexity index is 413. The fourth-order valence-electron chi connectivity index (χ4n) is 0.978. The molecule has 0 aliphatic carbocycles. The topological polar surface area (TPSA) is 60.2 Å². The summed E-state index contributed by atoms with van der Waals surface area (Å²) >= 11 is 14.3. The maximum Gasteiger partial charge on any atom is 0.306 e. The first-order valence-electron chi connectivity index (χ1n) is 3.70. The molecule has 80 valence electrons. The molecule has 4 nitrogen and oxygen atoms in total. The molecule has 0 bridgehead atoms. The quantitative estimate of drug-likeness (QED) is 0.371. The lowest BCUT2D eigenvalue weighted by molar-refractivity contribution is -0.384. The fourth-order valence-corrected chi connectivity index (χ4v) is 1.93. The molecule has 0 unspecified atom stereocenters. The van der Waals surface area contributed by atoms with E-state index in [2.05, 4.69) is 15.9 Å². The van der Waals surface area contributed by atoms with Crippen LogP contribution in [0.3, 0.4) is 0 Å². The van der Waals surface area contributed by atoms with Crippen LogP contribution in [0.25, 0.3) is 0 Å². The molecule has 0 heterocycles. The Morgan fingerprint density at radius 1 is 1.40 bits per heavy atom. The van der Waals surface area contributed by atoms with Crippen molar-refractivity contribution in [2.24, 2.45) is 0 Å². The predicted molar refractivity (Wildman–Crippen MR) is 61.2 cm³/mol. The molecule has 0 aromatic heterocycles. The number of ketones is 1. The van der Waals surface area contributed by atoms with Crippen molar-refractivity contribution in [3.8, 4) is 0 Å². The molecule has 1 aromatic rings. The monoisotopic (exact) mass is 311 g/mol. The summed E-state index contributed by atoms with van der Waals surface area (Å²) in [6, 6.07) is 2.46. The van der Waals surface area contributed by atoms with Crippen molar-refractivity contribution in [3.05, 3.63) is 37.9 Å². The first-order valence-corrected chi connectivity index (χ1v) is 5.57. The Labute approximate surface area is 103 Å². The zero-order chi connectivity index (χ0) is 11.6. The molecule has 0 saturated heterocycles. The minimum Gasteiger partial charge on any atom is -0.293 e. The molecule has 7 heteroatoms. The Morgan fingerprint density at radius 3 is 2.20 bits per heavy atom. The highest BCUT2D eigenvalue weighted by Gasteiger charge is 2.20. The fraction of sp³-hybridized carbons (Fsp3) is 0.125. The van der Waals surface area contributed by atoms with Gasteiger partial charge in [0.15, 0.2) is 5.78 Å². The number of nitro groups is 1. The van der Waals surface area contributed by atoms with Gasteiger partial charge in [0.1, 0.15) is 10.0 Å². The highest BCUT2D eigenvalue weighted by molar-refractivity contribution is 9.09. The average molecular weight is 313 g/mol. The van der Waals surface area contributed by atoms with Crippen molar-refractivity contribution >= 4 is 50.6 Å². The molecule has 1 aromatic carbocycles. The third-order valence-corrected chi connectivity index (χ3v) is 2.73. The number of nitro benzene ring substituents is 1. The summed E-state index contributed by atoms with van der Waals surface area (Å²) in [4.78, 5) is 21.1. The second kappa shape index (κ2) is 4.92. The third-order valence-electron chi connectivity index (χ3n) is 1.64. The van der Waals surface area contributed by atoms with Gasteiger partial charge in [-0.15, -0.1) is 0 Å². The van der Waals surface area contributed by atoms with Gasteiger partial charge in [0.2, 0.25) is 0 Å². The number of hydrogen-bond donors (Lipinski definition) is 0. The van der Waals surface area contributed by atoms with E-state index in [1.54, 1.807) is 0 Å².